The van der Waals surface area contributed by atoms with Gasteiger partial charge in [0.2, 0.25) is 0 Å². The number of carbonyl (C=O) groups excluding carboxylic acids is 1. The fourth-order valence-corrected chi connectivity index (χ4v) is 3.36. The van der Waals surface area contributed by atoms with Crippen LogP contribution >= 0.6 is 0 Å². The summed E-state index contributed by atoms with van der Waals surface area (Å²) in [5.41, 5.74) is 4.20. The normalized spacial score (nSPS) is 12.2. The summed E-state index contributed by atoms with van der Waals surface area (Å²) in [6.07, 6.45) is 1.95. The Labute approximate surface area is 182 Å². The fourth-order valence-electron chi connectivity index (χ4n) is 3.36. The number of carbonyl (C=O) groups is 1. The molecule has 3 nitrogen and oxygen atoms in total. The zero-order valence-electron chi connectivity index (χ0n) is 20.2. The molecule has 0 fully saturated rings. The molecular weight excluding hydrogens is 372 g/mol. The molecule has 0 radical (unpaired) electrons. The van der Waals surface area contributed by atoms with Crippen molar-refractivity contribution >= 4 is 5.97 Å². The zero-order valence-corrected chi connectivity index (χ0v) is 20.2. The molecule has 0 spiro atoms. The van der Waals surface area contributed by atoms with Crippen LogP contribution in [0.25, 0.3) is 0 Å². The maximum absolute atomic E-state index is 11.9. The first-order valence-corrected chi connectivity index (χ1v) is 11.1. The molecule has 2 rings (SSSR count). The van der Waals surface area contributed by atoms with E-state index in [-0.39, 0.29) is 22.9 Å². The molecular formula is C27H38O3. The van der Waals surface area contributed by atoms with Crippen molar-refractivity contribution in [3.05, 3.63) is 58.7 Å². The molecule has 0 amide bonds. The third-order valence-corrected chi connectivity index (χ3v) is 6.33. The van der Waals surface area contributed by atoms with Gasteiger partial charge in [-0.2, -0.15) is 0 Å². The zero-order chi connectivity index (χ0) is 22.7. The second-order valence-electron chi connectivity index (χ2n) is 9.42. The summed E-state index contributed by atoms with van der Waals surface area (Å²) in [6, 6.07) is 12.6. The molecule has 2 aromatic rings. The van der Waals surface area contributed by atoms with E-state index >= 15 is 0 Å². The van der Waals surface area contributed by atoms with Crippen LogP contribution in [-0.4, -0.2) is 11.6 Å². The molecule has 0 atom stereocenters. The van der Waals surface area contributed by atoms with Crippen molar-refractivity contribution in [1.29, 1.82) is 0 Å². The quantitative estimate of drug-likeness (QED) is 0.342. The maximum atomic E-state index is 11.9. The van der Waals surface area contributed by atoms with Gasteiger partial charge in [0.1, 0.15) is 17.1 Å². The van der Waals surface area contributed by atoms with Crippen molar-refractivity contribution in [2.45, 2.75) is 86.2 Å². The lowest BCUT2D eigenvalue weighted by atomic mass is 9.77. The highest BCUT2D eigenvalue weighted by atomic mass is 16.5. The Morgan fingerprint density at radius 1 is 0.867 bits per heavy atom. The third-order valence-electron chi connectivity index (χ3n) is 6.33. The van der Waals surface area contributed by atoms with E-state index in [2.05, 4.69) is 71.9 Å². The molecule has 164 valence electrons. The molecule has 0 heterocycles. The van der Waals surface area contributed by atoms with Gasteiger partial charge in [-0.3, -0.25) is 4.79 Å². The monoisotopic (exact) mass is 410 g/mol. The molecule has 30 heavy (non-hydrogen) atoms. The summed E-state index contributed by atoms with van der Waals surface area (Å²) in [6.45, 7) is 18.7. The van der Waals surface area contributed by atoms with Crippen LogP contribution in [0, 0.1) is 19.8 Å². The largest absolute Gasteiger partial charge is 0.487 e. The number of ether oxygens (including phenoxy) is 2. The van der Waals surface area contributed by atoms with Crippen molar-refractivity contribution in [3.63, 3.8) is 0 Å². The number of benzene rings is 2. The number of esters is 1. The van der Waals surface area contributed by atoms with Crippen LogP contribution in [0.3, 0.4) is 0 Å². The van der Waals surface area contributed by atoms with E-state index in [9.17, 15) is 4.79 Å². The SMILES string of the molecule is CCC(C)(CC)Oc1ccc(C(C)(C)c2ccc(OC(=O)C(C)C)c(C)c2)cc1C. The summed E-state index contributed by atoms with van der Waals surface area (Å²) in [7, 11) is 0. The Morgan fingerprint density at radius 2 is 1.33 bits per heavy atom. The second kappa shape index (κ2) is 9.24. The molecule has 0 saturated heterocycles. The van der Waals surface area contributed by atoms with Gasteiger partial charge in [0.15, 0.2) is 0 Å². The Kier molecular flexibility index (Phi) is 7.39. The first-order chi connectivity index (χ1) is 13.9. The molecule has 0 unspecified atom stereocenters. The lowest BCUT2D eigenvalue weighted by Crippen LogP contribution is -2.30. The Bertz CT molecular complexity index is 889. The summed E-state index contributed by atoms with van der Waals surface area (Å²) in [4.78, 5) is 11.9. The summed E-state index contributed by atoms with van der Waals surface area (Å²) in [5.74, 6) is 1.23. The number of hydrogen-bond acceptors (Lipinski definition) is 3. The summed E-state index contributed by atoms with van der Waals surface area (Å²) < 4.78 is 11.9. The highest BCUT2D eigenvalue weighted by Gasteiger charge is 2.27. The smallest absolute Gasteiger partial charge is 0.313 e. The van der Waals surface area contributed by atoms with Gasteiger partial charge >= 0.3 is 5.97 Å². The van der Waals surface area contributed by atoms with Crippen molar-refractivity contribution < 1.29 is 14.3 Å². The van der Waals surface area contributed by atoms with E-state index in [4.69, 9.17) is 9.47 Å². The van der Waals surface area contributed by atoms with Crippen molar-refractivity contribution in [1.82, 2.24) is 0 Å². The average molecular weight is 411 g/mol. The van der Waals surface area contributed by atoms with Crippen LogP contribution in [0.5, 0.6) is 11.5 Å². The molecule has 0 bridgehead atoms. The van der Waals surface area contributed by atoms with E-state index in [1.807, 2.05) is 26.8 Å². The number of aryl methyl sites for hydroxylation is 2. The average Bonchev–Trinajstić information content (AvgIpc) is 2.70. The van der Waals surface area contributed by atoms with Crippen molar-refractivity contribution in [2.75, 3.05) is 0 Å². The van der Waals surface area contributed by atoms with Gasteiger partial charge < -0.3 is 9.47 Å². The van der Waals surface area contributed by atoms with Gasteiger partial charge in [-0.1, -0.05) is 65.8 Å². The maximum Gasteiger partial charge on any atom is 0.313 e. The molecule has 0 saturated carbocycles. The van der Waals surface area contributed by atoms with Crippen LogP contribution in [0.1, 0.15) is 83.6 Å². The number of hydrogen-bond donors (Lipinski definition) is 0. The van der Waals surface area contributed by atoms with E-state index < -0.39 is 0 Å². The highest BCUT2D eigenvalue weighted by molar-refractivity contribution is 5.74. The highest BCUT2D eigenvalue weighted by Crippen LogP contribution is 2.37. The molecule has 0 aliphatic rings. The van der Waals surface area contributed by atoms with Crippen LogP contribution in [0.2, 0.25) is 0 Å². The van der Waals surface area contributed by atoms with Crippen LogP contribution in [0.4, 0.5) is 0 Å². The lowest BCUT2D eigenvalue weighted by molar-refractivity contribution is -0.137. The van der Waals surface area contributed by atoms with Crippen LogP contribution in [-0.2, 0) is 10.2 Å². The molecule has 0 aromatic heterocycles. The predicted octanol–water partition coefficient (Wildman–Crippen LogP) is 7.15. The van der Waals surface area contributed by atoms with Gasteiger partial charge in [-0.15, -0.1) is 0 Å². The third kappa shape index (κ3) is 5.24. The standard InChI is InChI=1S/C27H38O3/c1-10-27(9,11-2)30-24-15-13-22(17-20(24)6)26(7,8)21-12-14-23(19(5)16-21)29-25(28)18(3)4/h12-18H,10-11H2,1-9H3. The minimum absolute atomic E-state index is 0.137. The first kappa shape index (κ1) is 24.0. The Morgan fingerprint density at radius 3 is 1.73 bits per heavy atom. The summed E-state index contributed by atoms with van der Waals surface area (Å²) in [5, 5.41) is 0. The van der Waals surface area contributed by atoms with Gasteiger partial charge in [0.25, 0.3) is 0 Å². The Hall–Kier alpha value is -2.29. The Balaban J connectivity index is 2.31. The summed E-state index contributed by atoms with van der Waals surface area (Å²) >= 11 is 0. The first-order valence-electron chi connectivity index (χ1n) is 11.1. The van der Waals surface area contributed by atoms with E-state index in [1.165, 1.54) is 11.1 Å². The van der Waals surface area contributed by atoms with E-state index in [0.29, 0.717) is 5.75 Å². The number of rotatable bonds is 8. The lowest BCUT2D eigenvalue weighted by Gasteiger charge is -2.31. The topological polar surface area (TPSA) is 35.5 Å². The minimum atomic E-state index is -0.206. The van der Waals surface area contributed by atoms with Gasteiger partial charge in [0, 0.05) is 5.41 Å². The van der Waals surface area contributed by atoms with Crippen molar-refractivity contribution in [3.8, 4) is 11.5 Å². The van der Waals surface area contributed by atoms with E-state index in [0.717, 1.165) is 29.7 Å². The van der Waals surface area contributed by atoms with Crippen molar-refractivity contribution in [2.24, 2.45) is 5.92 Å². The van der Waals surface area contributed by atoms with E-state index in [1.54, 1.807) is 0 Å². The predicted molar refractivity (Wildman–Crippen MR) is 125 cm³/mol. The molecule has 0 aliphatic carbocycles. The van der Waals surface area contributed by atoms with Gasteiger partial charge in [-0.25, -0.2) is 0 Å². The fraction of sp³-hybridized carbons (Fsp3) is 0.519. The van der Waals surface area contributed by atoms with Gasteiger partial charge in [0.05, 0.1) is 5.92 Å². The molecule has 2 aromatic carbocycles. The second-order valence-corrected chi connectivity index (χ2v) is 9.42. The molecule has 0 N–H and O–H groups in total. The molecule has 0 aliphatic heterocycles. The minimum Gasteiger partial charge on any atom is -0.487 e. The van der Waals surface area contributed by atoms with Crippen LogP contribution in [0.15, 0.2) is 36.4 Å². The molecule has 3 heteroatoms. The van der Waals surface area contributed by atoms with Crippen LogP contribution < -0.4 is 9.47 Å². The van der Waals surface area contributed by atoms with Gasteiger partial charge in [-0.05, 0) is 68.0 Å².